The molecule has 2 fully saturated rings. The minimum Gasteiger partial charge on any atom is -0.338 e. The Balaban J connectivity index is 1.72. The summed E-state index contributed by atoms with van der Waals surface area (Å²) in [5.41, 5.74) is 0. The van der Waals surface area contributed by atoms with Crippen LogP contribution in [0.3, 0.4) is 0 Å². The predicted octanol–water partition coefficient (Wildman–Crippen LogP) is 2.04. The summed E-state index contributed by atoms with van der Waals surface area (Å²) >= 11 is 0. The predicted molar refractivity (Wildman–Crippen MR) is 68.1 cm³/mol. The van der Waals surface area contributed by atoms with E-state index < -0.39 is 0 Å². The molecule has 5 heteroatoms. The summed E-state index contributed by atoms with van der Waals surface area (Å²) in [4.78, 5) is 7.05. The van der Waals surface area contributed by atoms with Gasteiger partial charge in [-0.15, -0.1) is 0 Å². The fourth-order valence-corrected chi connectivity index (χ4v) is 3.08. The third-order valence-electron chi connectivity index (χ3n) is 4.13. The number of nitrogens with one attached hydrogen (secondary N) is 1. The number of piperidine rings is 1. The first kappa shape index (κ1) is 12.1. The maximum absolute atomic E-state index is 5.49. The van der Waals surface area contributed by atoms with E-state index in [1.165, 1.54) is 19.3 Å². The third-order valence-corrected chi connectivity index (χ3v) is 4.13. The third kappa shape index (κ3) is 2.29. The number of hydrogen-bond donors (Lipinski definition) is 1. The fourth-order valence-electron chi connectivity index (χ4n) is 3.08. The van der Waals surface area contributed by atoms with Crippen molar-refractivity contribution in [3.63, 3.8) is 0 Å². The molecule has 2 aliphatic rings. The van der Waals surface area contributed by atoms with E-state index in [9.17, 15) is 0 Å². The zero-order valence-electron chi connectivity index (χ0n) is 11.1. The summed E-state index contributed by atoms with van der Waals surface area (Å²) in [6.45, 7) is 5.47. The highest BCUT2D eigenvalue weighted by Crippen LogP contribution is 2.31. The highest BCUT2D eigenvalue weighted by molar-refractivity contribution is 5.00. The number of hydrogen-bond acceptors (Lipinski definition) is 5. The van der Waals surface area contributed by atoms with Gasteiger partial charge in [0.05, 0.1) is 12.1 Å². The molecule has 2 saturated heterocycles. The standard InChI is InChI=1S/C13H22N4O/c1-2-17-9-5-7-11(17)13-15-12(16-18-13)10-6-3-4-8-14-10/h10-11,14H,2-9H2,1H3. The Morgan fingerprint density at radius 2 is 2.28 bits per heavy atom. The molecule has 0 amide bonds. The smallest absolute Gasteiger partial charge is 0.244 e. The van der Waals surface area contributed by atoms with Crippen molar-refractivity contribution in [2.45, 2.75) is 51.1 Å². The topological polar surface area (TPSA) is 54.2 Å². The normalized spacial score (nSPS) is 29.8. The molecule has 0 spiro atoms. The van der Waals surface area contributed by atoms with Gasteiger partial charge >= 0.3 is 0 Å². The quantitative estimate of drug-likeness (QED) is 0.889. The first-order valence-electron chi connectivity index (χ1n) is 7.19. The summed E-state index contributed by atoms with van der Waals surface area (Å²) in [5, 5.41) is 7.64. The van der Waals surface area contributed by atoms with Crippen molar-refractivity contribution in [2.24, 2.45) is 0 Å². The van der Waals surface area contributed by atoms with Crippen LogP contribution in [0.1, 0.15) is 62.8 Å². The lowest BCUT2D eigenvalue weighted by molar-refractivity contribution is 0.216. The lowest BCUT2D eigenvalue weighted by Gasteiger charge is -2.20. The van der Waals surface area contributed by atoms with Gasteiger partial charge in [-0.3, -0.25) is 4.90 Å². The largest absolute Gasteiger partial charge is 0.338 e. The average molecular weight is 250 g/mol. The molecule has 5 nitrogen and oxygen atoms in total. The molecular formula is C13H22N4O. The van der Waals surface area contributed by atoms with Gasteiger partial charge in [0, 0.05) is 0 Å². The SMILES string of the molecule is CCN1CCCC1c1nc(C2CCCCN2)no1. The summed E-state index contributed by atoms with van der Waals surface area (Å²) < 4.78 is 5.49. The molecule has 0 aromatic carbocycles. The van der Waals surface area contributed by atoms with E-state index in [2.05, 4.69) is 27.3 Å². The molecule has 1 aromatic rings. The number of rotatable bonds is 3. The van der Waals surface area contributed by atoms with Gasteiger partial charge in [-0.1, -0.05) is 18.5 Å². The zero-order chi connectivity index (χ0) is 12.4. The molecule has 0 radical (unpaired) electrons. The Bertz CT molecular complexity index is 386. The van der Waals surface area contributed by atoms with Crippen molar-refractivity contribution < 1.29 is 4.52 Å². The lowest BCUT2D eigenvalue weighted by Crippen LogP contribution is -2.27. The van der Waals surface area contributed by atoms with E-state index in [0.717, 1.165) is 44.2 Å². The zero-order valence-corrected chi connectivity index (χ0v) is 11.1. The Morgan fingerprint density at radius 1 is 1.33 bits per heavy atom. The minimum atomic E-state index is 0.299. The molecule has 2 atom stereocenters. The van der Waals surface area contributed by atoms with Crippen LogP contribution in [0.5, 0.6) is 0 Å². The first-order valence-corrected chi connectivity index (χ1v) is 7.19. The van der Waals surface area contributed by atoms with E-state index in [1.54, 1.807) is 0 Å². The van der Waals surface area contributed by atoms with Crippen molar-refractivity contribution in [3.05, 3.63) is 11.7 Å². The van der Waals surface area contributed by atoms with E-state index in [-0.39, 0.29) is 0 Å². The minimum absolute atomic E-state index is 0.299. The van der Waals surface area contributed by atoms with Crippen molar-refractivity contribution in [1.82, 2.24) is 20.4 Å². The van der Waals surface area contributed by atoms with Crippen LogP contribution >= 0.6 is 0 Å². The van der Waals surface area contributed by atoms with Gasteiger partial charge in [0.25, 0.3) is 0 Å². The second-order valence-corrected chi connectivity index (χ2v) is 5.28. The van der Waals surface area contributed by atoms with Crippen LogP contribution < -0.4 is 5.32 Å². The van der Waals surface area contributed by atoms with Gasteiger partial charge in [-0.25, -0.2) is 0 Å². The number of likely N-dealkylation sites (tertiary alicyclic amines) is 1. The first-order chi connectivity index (χ1) is 8.88. The van der Waals surface area contributed by atoms with E-state index in [0.29, 0.717) is 12.1 Å². The molecule has 0 saturated carbocycles. The molecule has 18 heavy (non-hydrogen) atoms. The monoisotopic (exact) mass is 250 g/mol. The van der Waals surface area contributed by atoms with Crippen LogP contribution in [-0.2, 0) is 0 Å². The molecule has 0 aliphatic carbocycles. The summed E-state index contributed by atoms with van der Waals surface area (Å²) in [5.74, 6) is 1.67. The van der Waals surface area contributed by atoms with E-state index in [1.807, 2.05) is 0 Å². The lowest BCUT2D eigenvalue weighted by atomic mass is 10.0. The van der Waals surface area contributed by atoms with Crippen LogP contribution in [0.4, 0.5) is 0 Å². The Labute approximate surface area is 108 Å². The summed E-state index contributed by atoms with van der Waals surface area (Å²) in [7, 11) is 0. The van der Waals surface area contributed by atoms with Gasteiger partial charge in [-0.05, 0) is 45.3 Å². The Kier molecular flexibility index (Phi) is 3.61. The highest BCUT2D eigenvalue weighted by Gasteiger charge is 2.30. The van der Waals surface area contributed by atoms with Crippen molar-refractivity contribution in [3.8, 4) is 0 Å². The van der Waals surface area contributed by atoms with Crippen molar-refractivity contribution >= 4 is 0 Å². The summed E-state index contributed by atoms with van der Waals surface area (Å²) in [6.07, 6.45) is 6.02. The number of nitrogens with zero attached hydrogens (tertiary/aromatic N) is 3. The van der Waals surface area contributed by atoms with Crippen molar-refractivity contribution in [2.75, 3.05) is 19.6 Å². The Hall–Kier alpha value is -0.940. The molecule has 1 aromatic heterocycles. The van der Waals surface area contributed by atoms with E-state index in [4.69, 9.17) is 4.52 Å². The van der Waals surface area contributed by atoms with Gasteiger partial charge in [-0.2, -0.15) is 4.98 Å². The summed E-state index contributed by atoms with van der Waals surface area (Å²) in [6, 6.07) is 0.646. The van der Waals surface area contributed by atoms with Crippen LogP contribution in [-0.4, -0.2) is 34.7 Å². The van der Waals surface area contributed by atoms with Gasteiger partial charge in [0.15, 0.2) is 5.82 Å². The van der Waals surface area contributed by atoms with Gasteiger partial charge < -0.3 is 9.84 Å². The fraction of sp³-hybridized carbons (Fsp3) is 0.846. The molecule has 1 N–H and O–H groups in total. The van der Waals surface area contributed by atoms with Crippen LogP contribution in [0, 0.1) is 0 Å². The average Bonchev–Trinajstić information content (AvgIpc) is 3.08. The van der Waals surface area contributed by atoms with Crippen molar-refractivity contribution in [1.29, 1.82) is 0 Å². The maximum atomic E-state index is 5.49. The molecule has 2 unspecified atom stereocenters. The molecular weight excluding hydrogens is 228 g/mol. The second kappa shape index (κ2) is 5.36. The highest BCUT2D eigenvalue weighted by atomic mass is 16.5. The van der Waals surface area contributed by atoms with Gasteiger partial charge in [0.2, 0.25) is 5.89 Å². The molecule has 3 heterocycles. The molecule has 3 rings (SSSR count). The Morgan fingerprint density at radius 3 is 3.06 bits per heavy atom. The molecule has 100 valence electrons. The number of aromatic nitrogens is 2. The van der Waals surface area contributed by atoms with Crippen LogP contribution in [0.25, 0.3) is 0 Å². The molecule has 2 aliphatic heterocycles. The van der Waals surface area contributed by atoms with Crippen LogP contribution in [0.15, 0.2) is 4.52 Å². The van der Waals surface area contributed by atoms with Crippen LogP contribution in [0.2, 0.25) is 0 Å². The molecule has 0 bridgehead atoms. The van der Waals surface area contributed by atoms with Gasteiger partial charge in [0.1, 0.15) is 0 Å². The maximum Gasteiger partial charge on any atom is 0.244 e. The van der Waals surface area contributed by atoms with E-state index >= 15 is 0 Å². The second-order valence-electron chi connectivity index (χ2n) is 5.28.